The van der Waals surface area contributed by atoms with Crippen LogP contribution < -0.4 is 0 Å². The van der Waals surface area contributed by atoms with E-state index in [-0.39, 0.29) is 5.56 Å². The van der Waals surface area contributed by atoms with E-state index >= 15 is 0 Å². The number of hydrogen-bond donors (Lipinski definition) is 1. The van der Waals surface area contributed by atoms with Gasteiger partial charge in [0.1, 0.15) is 0 Å². The highest BCUT2D eigenvalue weighted by atomic mass is 16.4. The number of aromatic nitrogens is 2. The Labute approximate surface area is 121 Å². The van der Waals surface area contributed by atoms with Gasteiger partial charge in [0.05, 0.1) is 22.6 Å². The highest BCUT2D eigenvalue weighted by molar-refractivity contribution is 5.89. The summed E-state index contributed by atoms with van der Waals surface area (Å²) in [5.74, 6) is -0.947. The van der Waals surface area contributed by atoms with Gasteiger partial charge in [0.2, 0.25) is 0 Å². The van der Waals surface area contributed by atoms with Crippen molar-refractivity contribution < 1.29 is 9.90 Å². The first-order chi connectivity index (χ1) is 10.2. The van der Waals surface area contributed by atoms with Gasteiger partial charge >= 0.3 is 5.97 Å². The minimum atomic E-state index is -0.947. The Bertz CT molecular complexity index is 786. The summed E-state index contributed by atoms with van der Waals surface area (Å²) >= 11 is 0. The third-order valence-electron chi connectivity index (χ3n) is 3.08. The molecule has 0 spiro atoms. The van der Waals surface area contributed by atoms with Gasteiger partial charge in [-0.1, -0.05) is 24.3 Å². The summed E-state index contributed by atoms with van der Waals surface area (Å²) in [6, 6.07) is 18.0. The van der Waals surface area contributed by atoms with Gasteiger partial charge in [-0.15, -0.1) is 0 Å². The number of nitrogens with zero attached hydrogens (tertiary/aromatic N) is 2. The van der Waals surface area contributed by atoms with Gasteiger partial charge in [0, 0.05) is 11.8 Å². The Kier molecular flexibility index (Phi) is 3.43. The lowest BCUT2D eigenvalue weighted by molar-refractivity contribution is 0.0697. The third-order valence-corrected chi connectivity index (χ3v) is 3.08. The molecule has 2 aromatic heterocycles. The number of carbonyl (C=O) groups is 1. The summed E-state index contributed by atoms with van der Waals surface area (Å²) in [7, 11) is 0. The Balaban J connectivity index is 2.04. The van der Waals surface area contributed by atoms with E-state index in [9.17, 15) is 4.79 Å². The normalized spacial score (nSPS) is 10.3. The first-order valence-corrected chi connectivity index (χ1v) is 6.46. The number of rotatable bonds is 3. The van der Waals surface area contributed by atoms with E-state index in [0.29, 0.717) is 0 Å². The third kappa shape index (κ3) is 2.79. The van der Waals surface area contributed by atoms with Crippen molar-refractivity contribution in [1.29, 1.82) is 0 Å². The topological polar surface area (TPSA) is 63.1 Å². The number of pyridine rings is 2. The molecule has 0 radical (unpaired) electrons. The maximum atomic E-state index is 11.0. The molecule has 102 valence electrons. The van der Waals surface area contributed by atoms with E-state index in [1.165, 1.54) is 0 Å². The van der Waals surface area contributed by atoms with Crippen molar-refractivity contribution >= 4 is 5.97 Å². The van der Waals surface area contributed by atoms with Crippen molar-refractivity contribution in [1.82, 2.24) is 9.97 Å². The molecule has 1 N–H and O–H groups in total. The molecule has 3 aromatic rings. The number of carboxylic acid groups (broad SMARTS) is 1. The number of aromatic carboxylic acids is 1. The summed E-state index contributed by atoms with van der Waals surface area (Å²) in [5.41, 5.74) is 3.29. The Hall–Kier alpha value is -3.01. The van der Waals surface area contributed by atoms with E-state index in [4.69, 9.17) is 5.11 Å². The van der Waals surface area contributed by atoms with Crippen LogP contribution in [0.4, 0.5) is 0 Å². The standard InChI is InChI=1S/C17H12N2O2/c20-17(21)13-6-3-5-12(11-13)14-8-4-9-16(19-14)15-7-1-2-10-18-15/h1-11H,(H,20,21). The zero-order valence-corrected chi connectivity index (χ0v) is 11.1. The monoisotopic (exact) mass is 276 g/mol. The molecule has 0 aliphatic heterocycles. The van der Waals surface area contributed by atoms with E-state index in [1.54, 1.807) is 24.4 Å². The molecule has 0 aliphatic rings. The fourth-order valence-corrected chi connectivity index (χ4v) is 2.06. The van der Waals surface area contributed by atoms with Gasteiger partial charge in [0.15, 0.2) is 0 Å². The van der Waals surface area contributed by atoms with Crippen LogP contribution in [0.25, 0.3) is 22.6 Å². The van der Waals surface area contributed by atoms with E-state index < -0.39 is 5.97 Å². The van der Waals surface area contributed by atoms with Crippen LogP contribution in [0.5, 0.6) is 0 Å². The second kappa shape index (κ2) is 5.54. The van der Waals surface area contributed by atoms with Gasteiger partial charge in [-0.25, -0.2) is 9.78 Å². The van der Waals surface area contributed by atoms with Crippen molar-refractivity contribution in [3.8, 4) is 22.6 Å². The maximum Gasteiger partial charge on any atom is 0.335 e. The van der Waals surface area contributed by atoms with Crippen molar-refractivity contribution in [2.75, 3.05) is 0 Å². The quantitative estimate of drug-likeness (QED) is 0.795. The Morgan fingerprint density at radius 3 is 2.38 bits per heavy atom. The lowest BCUT2D eigenvalue weighted by Crippen LogP contribution is -1.96. The molecule has 0 unspecified atom stereocenters. The largest absolute Gasteiger partial charge is 0.478 e. The summed E-state index contributed by atoms with van der Waals surface area (Å²) in [6.45, 7) is 0. The molecule has 0 bridgehead atoms. The van der Waals surface area contributed by atoms with Gasteiger partial charge in [-0.3, -0.25) is 4.98 Å². The summed E-state index contributed by atoms with van der Waals surface area (Å²) < 4.78 is 0. The van der Waals surface area contributed by atoms with Crippen LogP contribution in [-0.2, 0) is 0 Å². The van der Waals surface area contributed by atoms with E-state index in [0.717, 1.165) is 22.6 Å². The lowest BCUT2D eigenvalue weighted by atomic mass is 10.1. The molecule has 2 heterocycles. The average Bonchev–Trinajstić information content (AvgIpc) is 2.56. The molecule has 0 aliphatic carbocycles. The Morgan fingerprint density at radius 1 is 0.857 bits per heavy atom. The highest BCUT2D eigenvalue weighted by Gasteiger charge is 2.07. The molecule has 21 heavy (non-hydrogen) atoms. The first kappa shape index (κ1) is 13.0. The van der Waals surface area contributed by atoms with Gasteiger partial charge < -0.3 is 5.11 Å². The molecule has 0 atom stereocenters. The van der Waals surface area contributed by atoms with Crippen LogP contribution in [0.3, 0.4) is 0 Å². The first-order valence-electron chi connectivity index (χ1n) is 6.46. The minimum Gasteiger partial charge on any atom is -0.478 e. The number of hydrogen-bond acceptors (Lipinski definition) is 3. The minimum absolute atomic E-state index is 0.248. The zero-order chi connectivity index (χ0) is 14.7. The van der Waals surface area contributed by atoms with E-state index in [2.05, 4.69) is 9.97 Å². The highest BCUT2D eigenvalue weighted by Crippen LogP contribution is 2.22. The predicted octanol–water partition coefficient (Wildman–Crippen LogP) is 3.51. The molecule has 0 amide bonds. The maximum absolute atomic E-state index is 11.0. The van der Waals surface area contributed by atoms with Crippen molar-refractivity contribution in [2.24, 2.45) is 0 Å². The fraction of sp³-hybridized carbons (Fsp3) is 0. The van der Waals surface area contributed by atoms with Crippen LogP contribution in [0.15, 0.2) is 66.9 Å². The van der Waals surface area contributed by atoms with Crippen LogP contribution >= 0.6 is 0 Å². The van der Waals surface area contributed by atoms with Crippen LogP contribution in [-0.4, -0.2) is 21.0 Å². The molecular formula is C17H12N2O2. The van der Waals surface area contributed by atoms with Crippen LogP contribution in [0, 0.1) is 0 Å². The molecule has 0 saturated carbocycles. The van der Waals surface area contributed by atoms with Crippen molar-refractivity contribution in [3.05, 3.63) is 72.4 Å². The zero-order valence-electron chi connectivity index (χ0n) is 11.1. The number of carboxylic acids is 1. The van der Waals surface area contributed by atoms with Crippen molar-refractivity contribution in [3.63, 3.8) is 0 Å². The smallest absolute Gasteiger partial charge is 0.335 e. The molecule has 3 rings (SSSR count). The van der Waals surface area contributed by atoms with Crippen LogP contribution in [0.1, 0.15) is 10.4 Å². The molecule has 0 fully saturated rings. The SMILES string of the molecule is O=C(O)c1cccc(-c2cccc(-c3ccccn3)n2)c1. The summed E-state index contributed by atoms with van der Waals surface area (Å²) in [6.07, 6.45) is 1.72. The fourth-order valence-electron chi connectivity index (χ4n) is 2.06. The molecular weight excluding hydrogens is 264 g/mol. The van der Waals surface area contributed by atoms with Crippen LogP contribution in [0.2, 0.25) is 0 Å². The molecule has 1 aromatic carbocycles. The van der Waals surface area contributed by atoms with Gasteiger partial charge in [0.25, 0.3) is 0 Å². The second-order valence-electron chi connectivity index (χ2n) is 4.51. The van der Waals surface area contributed by atoms with E-state index in [1.807, 2.05) is 42.5 Å². The molecule has 4 nitrogen and oxygen atoms in total. The van der Waals surface area contributed by atoms with Gasteiger partial charge in [-0.05, 0) is 36.4 Å². The summed E-state index contributed by atoms with van der Waals surface area (Å²) in [5, 5.41) is 9.06. The second-order valence-corrected chi connectivity index (χ2v) is 4.51. The Morgan fingerprint density at radius 2 is 1.62 bits per heavy atom. The molecule has 0 saturated heterocycles. The number of benzene rings is 1. The van der Waals surface area contributed by atoms with Gasteiger partial charge in [-0.2, -0.15) is 0 Å². The molecule has 4 heteroatoms. The average molecular weight is 276 g/mol. The lowest BCUT2D eigenvalue weighted by Gasteiger charge is -2.05. The summed E-state index contributed by atoms with van der Waals surface area (Å²) in [4.78, 5) is 19.9. The van der Waals surface area contributed by atoms with Crippen molar-refractivity contribution in [2.45, 2.75) is 0 Å². The predicted molar refractivity (Wildman–Crippen MR) is 79.9 cm³/mol.